The molecule has 0 heterocycles. The molecule has 1 aromatic rings. The van der Waals surface area contributed by atoms with Gasteiger partial charge in [0.25, 0.3) is 5.91 Å². The van der Waals surface area contributed by atoms with Crippen LogP contribution in [-0.4, -0.2) is 18.6 Å². The molecule has 0 aromatic heterocycles. The van der Waals surface area contributed by atoms with E-state index in [1.54, 1.807) is 13.8 Å². The third kappa shape index (κ3) is 3.54. The Labute approximate surface area is 102 Å². The van der Waals surface area contributed by atoms with Crippen molar-refractivity contribution in [2.75, 3.05) is 7.11 Å². The van der Waals surface area contributed by atoms with E-state index in [1.165, 1.54) is 7.11 Å². The minimum absolute atomic E-state index is 0.133. The van der Waals surface area contributed by atoms with Crippen molar-refractivity contribution in [1.82, 2.24) is 5.32 Å². The summed E-state index contributed by atoms with van der Waals surface area (Å²) in [6, 6.07) is 7.79. The number of carbonyl (C=O) groups excluding carboxylic acids is 1. The second kappa shape index (κ2) is 5.80. The molecule has 0 radical (unpaired) electrons. The van der Waals surface area contributed by atoms with E-state index >= 15 is 0 Å². The van der Waals surface area contributed by atoms with E-state index in [-0.39, 0.29) is 5.91 Å². The summed E-state index contributed by atoms with van der Waals surface area (Å²) in [4.78, 5) is 11.8. The van der Waals surface area contributed by atoms with Gasteiger partial charge in [-0.2, -0.15) is 0 Å². The maximum atomic E-state index is 11.8. The van der Waals surface area contributed by atoms with Crippen LogP contribution in [-0.2, 0) is 22.6 Å². The molecule has 1 amide bonds. The number of methoxy groups -OCH3 is 1. The van der Waals surface area contributed by atoms with E-state index in [4.69, 9.17) is 10.5 Å². The van der Waals surface area contributed by atoms with Gasteiger partial charge in [0.05, 0.1) is 0 Å². The Kier molecular flexibility index (Phi) is 4.66. The molecule has 3 N–H and O–H groups in total. The molecule has 0 spiro atoms. The molecular weight excluding hydrogens is 216 g/mol. The normalized spacial score (nSPS) is 11.3. The summed E-state index contributed by atoms with van der Waals surface area (Å²) in [7, 11) is 1.52. The minimum atomic E-state index is -0.808. The van der Waals surface area contributed by atoms with Gasteiger partial charge in [-0.1, -0.05) is 24.3 Å². The van der Waals surface area contributed by atoms with E-state index in [0.717, 1.165) is 11.1 Å². The largest absolute Gasteiger partial charge is 0.369 e. The summed E-state index contributed by atoms with van der Waals surface area (Å²) < 4.78 is 5.11. The molecule has 17 heavy (non-hydrogen) atoms. The van der Waals surface area contributed by atoms with Crippen molar-refractivity contribution in [2.24, 2.45) is 5.73 Å². The molecule has 1 aromatic carbocycles. The number of hydrogen-bond donors (Lipinski definition) is 2. The van der Waals surface area contributed by atoms with Crippen molar-refractivity contribution >= 4 is 5.91 Å². The van der Waals surface area contributed by atoms with Crippen LogP contribution < -0.4 is 11.1 Å². The van der Waals surface area contributed by atoms with Gasteiger partial charge in [-0.05, 0) is 25.0 Å². The molecule has 1 rings (SSSR count). The third-order valence-electron chi connectivity index (χ3n) is 2.83. The molecule has 0 bridgehead atoms. The molecular formula is C13H20N2O2. The molecule has 4 heteroatoms. The number of rotatable bonds is 5. The zero-order valence-corrected chi connectivity index (χ0v) is 10.6. The molecule has 4 nitrogen and oxygen atoms in total. The summed E-state index contributed by atoms with van der Waals surface area (Å²) in [6.07, 6.45) is 0. The molecule has 94 valence electrons. The Balaban J connectivity index is 2.65. The van der Waals surface area contributed by atoms with E-state index in [2.05, 4.69) is 5.32 Å². The Morgan fingerprint density at radius 1 is 1.35 bits per heavy atom. The average molecular weight is 236 g/mol. The van der Waals surface area contributed by atoms with Gasteiger partial charge in [0, 0.05) is 20.2 Å². The highest BCUT2D eigenvalue weighted by atomic mass is 16.5. The van der Waals surface area contributed by atoms with Gasteiger partial charge in [-0.25, -0.2) is 0 Å². The van der Waals surface area contributed by atoms with Crippen molar-refractivity contribution < 1.29 is 9.53 Å². The molecule has 0 atom stereocenters. The summed E-state index contributed by atoms with van der Waals surface area (Å²) in [5.74, 6) is -0.133. The average Bonchev–Trinajstić information content (AvgIpc) is 2.36. The van der Waals surface area contributed by atoms with Crippen molar-refractivity contribution in [2.45, 2.75) is 32.5 Å². The lowest BCUT2D eigenvalue weighted by atomic mass is 10.1. The van der Waals surface area contributed by atoms with E-state index in [0.29, 0.717) is 13.1 Å². The van der Waals surface area contributed by atoms with Crippen LogP contribution in [0.25, 0.3) is 0 Å². The van der Waals surface area contributed by atoms with Crippen LogP contribution in [0.3, 0.4) is 0 Å². The van der Waals surface area contributed by atoms with Crippen LogP contribution in [0.4, 0.5) is 0 Å². The monoisotopic (exact) mass is 236 g/mol. The number of ether oxygens (including phenoxy) is 1. The highest BCUT2D eigenvalue weighted by Crippen LogP contribution is 2.10. The molecule has 0 aliphatic rings. The van der Waals surface area contributed by atoms with E-state index in [1.807, 2.05) is 24.3 Å². The van der Waals surface area contributed by atoms with Crippen LogP contribution >= 0.6 is 0 Å². The summed E-state index contributed by atoms with van der Waals surface area (Å²) in [5, 5.41) is 2.85. The fourth-order valence-electron chi connectivity index (χ4n) is 1.41. The second-order valence-electron chi connectivity index (χ2n) is 4.37. The molecule has 0 saturated heterocycles. The molecule has 0 unspecified atom stereocenters. The third-order valence-corrected chi connectivity index (χ3v) is 2.83. The lowest BCUT2D eigenvalue weighted by Gasteiger charge is -2.22. The first-order valence-electron chi connectivity index (χ1n) is 5.61. The number of nitrogens with two attached hydrogens (primary N) is 1. The fraction of sp³-hybridized carbons (Fsp3) is 0.462. The van der Waals surface area contributed by atoms with Gasteiger partial charge < -0.3 is 15.8 Å². The topological polar surface area (TPSA) is 64.3 Å². The zero-order chi connectivity index (χ0) is 12.9. The molecule has 0 saturated carbocycles. The lowest BCUT2D eigenvalue weighted by Crippen LogP contribution is -2.43. The standard InChI is InChI=1S/C13H20N2O2/c1-13(2,17-3)12(16)15-9-11-7-5-4-6-10(11)8-14/h4-7H,8-9,14H2,1-3H3,(H,15,16). The van der Waals surface area contributed by atoms with Gasteiger partial charge >= 0.3 is 0 Å². The van der Waals surface area contributed by atoms with Crippen molar-refractivity contribution in [3.63, 3.8) is 0 Å². The summed E-state index contributed by atoms with van der Waals surface area (Å²) in [6.45, 7) is 4.41. The van der Waals surface area contributed by atoms with Crippen molar-refractivity contribution in [3.05, 3.63) is 35.4 Å². The first kappa shape index (κ1) is 13.7. The number of hydrogen-bond acceptors (Lipinski definition) is 3. The first-order valence-corrected chi connectivity index (χ1v) is 5.61. The van der Waals surface area contributed by atoms with Gasteiger partial charge in [0.1, 0.15) is 5.60 Å². The fourth-order valence-corrected chi connectivity index (χ4v) is 1.41. The molecule has 0 aliphatic heterocycles. The Bertz CT molecular complexity index is 389. The quantitative estimate of drug-likeness (QED) is 0.807. The Morgan fingerprint density at radius 2 is 1.94 bits per heavy atom. The highest BCUT2D eigenvalue weighted by Gasteiger charge is 2.26. The lowest BCUT2D eigenvalue weighted by molar-refractivity contribution is -0.139. The highest BCUT2D eigenvalue weighted by molar-refractivity contribution is 5.84. The minimum Gasteiger partial charge on any atom is -0.369 e. The van der Waals surface area contributed by atoms with Crippen LogP contribution in [0, 0.1) is 0 Å². The molecule has 0 aliphatic carbocycles. The molecule has 0 fully saturated rings. The van der Waals surface area contributed by atoms with Crippen molar-refractivity contribution in [3.8, 4) is 0 Å². The number of amides is 1. The maximum Gasteiger partial charge on any atom is 0.251 e. The smallest absolute Gasteiger partial charge is 0.251 e. The predicted octanol–water partition coefficient (Wildman–Crippen LogP) is 1.19. The van der Waals surface area contributed by atoms with Gasteiger partial charge in [0.2, 0.25) is 0 Å². The predicted molar refractivity (Wildman–Crippen MR) is 67.3 cm³/mol. The number of carbonyl (C=O) groups is 1. The van der Waals surface area contributed by atoms with Crippen molar-refractivity contribution in [1.29, 1.82) is 0 Å². The summed E-state index contributed by atoms with van der Waals surface area (Å²) in [5.41, 5.74) is 6.91. The van der Waals surface area contributed by atoms with Gasteiger partial charge in [-0.3, -0.25) is 4.79 Å². The Hall–Kier alpha value is -1.39. The number of benzene rings is 1. The van der Waals surface area contributed by atoms with Crippen LogP contribution in [0.2, 0.25) is 0 Å². The van der Waals surface area contributed by atoms with Crippen LogP contribution in [0.1, 0.15) is 25.0 Å². The number of nitrogens with one attached hydrogen (secondary N) is 1. The maximum absolute atomic E-state index is 11.8. The van der Waals surface area contributed by atoms with E-state index < -0.39 is 5.60 Å². The van der Waals surface area contributed by atoms with E-state index in [9.17, 15) is 4.79 Å². The SMILES string of the molecule is COC(C)(C)C(=O)NCc1ccccc1CN. The second-order valence-corrected chi connectivity index (χ2v) is 4.37. The van der Waals surface area contributed by atoms with Crippen LogP contribution in [0.15, 0.2) is 24.3 Å². The first-order chi connectivity index (χ1) is 8.01. The van der Waals surface area contributed by atoms with Crippen LogP contribution in [0.5, 0.6) is 0 Å². The Morgan fingerprint density at radius 3 is 2.47 bits per heavy atom. The van der Waals surface area contributed by atoms with Gasteiger partial charge in [-0.15, -0.1) is 0 Å². The summed E-state index contributed by atoms with van der Waals surface area (Å²) >= 11 is 0. The zero-order valence-electron chi connectivity index (χ0n) is 10.6. The van der Waals surface area contributed by atoms with Gasteiger partial charge in [0.15, 0.2) is 0 Å².